The molecule has 0 amide bonds. The number of hydrogen-bond acceptors (Lipinski definition) is 5. The second kappa shape index (κ2) is 8.88. The van der Waals surface area contributed by atoms with Crippen molar-refractivity contribution in [3.8, 4) is 0 Å². The van der Waals surface area contributed by atoms with Crippen molar-refractivity contribution in [3.63, 3.8) is 0 Å². The molecule has 0 spiro atoms. The zero-order valence-corrected chi connectivity index (χ0v) is 16.3. The van der Waals surface area contributed by atoms with Gasteiger partial charge in [-0.25, -0.2) is 9.97 Å². The third-order valence-electron chi connectivity index (χ3n) is 5.31. The molecular formula is C21H31N5. The fourth-order valence-electron chi connectivity index (χ4n) is 3.79. The van der Waals surface area contributed by atoms with Crippen LogP contribution < -0.4 is 15.1 Å². The normalized spacial score (nSPS) is 17.2. The molecule has 1 aliphatic rings. The smallest absolute Gasteiger partial charge is 0.135 e. The van der Waals surface area contributed by atoms with Crippen molar-refractivity contribution < 1.29 is 0 Å². The first-order chi connectivity index (χ1) is 12.7. The number of anilines is 4. The number of piperidine rings is 1. The van der Waals surface area contributed by atoms with E-state index >= 15 is 0 Å². The molecule has 2 heterocycles. The fraction of sp³-hybridized carbons (Fsp3) is 0.524. The van der Waals surface area contributed by atoms with Gasteiger partial charge in [-0.3, -0.25) is 0 Å². The first kappa shape index (κ1) is 18.5. The van der Waals surface area contributed by atoms with Crippen molar-refractivity contribution in [1.29, 1.82) is 0 Å². The third-order valence-corrected chi connectivity index (χ3v) is 5.31. The Kier molecular flexibility index (Phi) is 6.31. The maximum atomic E-state index is 4.53. The van der Waals surface area contributed by atoms with Gasteiger partial charge in [-0.1, -0.05) is 6.92 Å². The third kappa shape index (κ3) is 4.26. The predicted octanol–water partition coefficient (Wildman–Crippen LogP) is 4.84. The summed E-state index contributed by atoms with van der Waals surface area (Å²) in [5.74, 6) is 1.89. The van der Waals surface area contributed by atoms with Crippen LogP contribution in [0, 0.1) is 0 Å². The zero-order valence-electron chi connectivity index (χ0n) is 16.3. The molecule has 1 atom stereocenters. The van der Waals surface area contributed by atoms with E-state index in [0.717, 1.165) is 37.0 Å². The predicted molar refractivity (Wildman–Crippen MR) is 111 cm³/mol. The maximum absolute atomic E-state index is 4.53. The van der Waals surface area contributed by atoms with Crippen molar-refractivity contribution in [1.82, 2.24) is 9.97 Å². The summed E-state index contributed by atoms with van der Waals surface area (Å²) in [6.45, 7) is 9.76. The molecule has 1 fully saturated rings. The summed E-state index contributed by atoms with van der Waals surface area (Å²) < 4.78 is 0. The Balaban J connectivity index is 1.72. The number of nitrogens with one attached hydrogen (secondary N) is 1. The van der Waals surface area contributed by atoms with Gasteiger partial charge in [0.1, 0.15) is 18.0 Å². The van der Waals surface area contributed by atoms with Gasteiger partial charge in [0.05, 0.1) is 0 Å². The van der Waals surface area contributed by atoms with Gasteiger partial charge in [0.15, 0.2) is 0 Å². The minimum Gasteiger partial charge on any atom is -0.372 e. The van der Waals surface area contributed by atoms with Gasteiger partial charge in [0, 0.05) is 43.1 Å². The van der Waals surface area contributed by atoms with Crippen LogP contribution in [0.4, 0.5) is 23.0 Å². The minimum absolute atomic E-state index is 0.597. The molecule has 5 nitrogen and oxygen atoms in total. The molecule has 5 heteroatoms. The van der Waals surface area contributed by atoms with E-state index < -0.39 is 0 Å². The van der Waals surface area contributed by atoms with Crippen molar-refractivity contribution >= 4 is 23.0 Å². The molecular weight excluding hydrogens is 322 g/mol. The van der Waals surface area contributed by atoms with Gasteiger partial charge in [-0.15, -0.1) is 0 Å². The molecule has 140 valence electrons. The molecule has 0 saturated carbocycles. The van der Waals surface area contributed by atoms with Gasteiger partial charge >= 0.3 is 0 Å². The lowest BCUT2D eigenvalue weighted by atomic mass is 10.0. The number of benzene rings is 1. The minimum atomic E-state index is 0.597. The lowest BCUT2D eigenvalue weighted by Gasteiger charge is -2.36. The van der Waals surface area contributed by atoms with E-state index in [9.17, 15) is 0 Å². The first-order valence-corrected chi connectivity index (χ1v) is 9.95. The highest BCUT2D eigenvalue weighted by Crippen LogP contribution is 2.27. The number of nitrogens with zero attached hydrogens (tertiary/aromatic N) is 4. The van der Waals surface area contributed by atoms with Crippen molar-refractivity contribution in [2.24, 2.45) is 0 Å². The lowest BCUT2D eigenvalue weighted by Crippen LogP contribution is -2.39. The maximum Gasteiger partial charge on any atom is 0.135 e. The highest BCUT2D eigenvalue weighted by molar-refractivity contribution is 5.62. The summed E-state index contributed by atoms with van der Waals surface area (Å²) in [6, 6.07) is 11.2. The Morgan fingerprint density at radius 1 is 1.08 bits per heavy atom. The summed E-state index contributed by atoms with van der Waals surface area (Å²) in [6.07, 6.45) is 6.67. The molecule has 1 aliphatic heterocycles. The first-order valence-electron chi connectivity index (χ1n) is 9.95. The molecule has 1 saturated heterocycles. The largest absolute Gasteiger partial charge is 0.372 e. The second-order valence-corrected chi connectivity index (χ2v) is 6.86. The van der Waals surface area contributed by atoms with E-state index in [1.54, 1.807) is 6.33 Å². The average Bonchev–Trinajstić information content (AvgIpc) is 2.70. The standard InChI is InChI=1S/C21H31N5/c1-4-18-9-7-8-14-26(18)21-15-20(22-16-23-21)24-17-10-12-19(13-11-17)25(5-2)6-3/h10-13,15-16,18H,4-9,14H2,1-3H3,(H,22,23,24). The zero-order chi connectivity index (χ0) is 18.4. The number of hydrogen-bond donors (Lipinski definition) is 1. The molecule has 2 aromatic rings. The van der Waals surface area contributed by atoms with Crippen LogP contribution in [0.25, 0.3) is 0 Å². The average molecular weight is 354 g/mol. The summed E-state index contributed by atoms with van der Waals surface area (Å²) >= 11 is 0. The quantitative estimate of drug-likeness (QED) is 0.772. The fourth-order valence-corrected chi connectivity index (χ4v) is 3.79. The van der Waals surface area contributed by atoms with Crippen LogP contribution in [-0.4, -0.2) is 35.6 Å². The molecule has 0 radical (unpaired) electrons. The van der Waals surface area contributed by atoms with Gasteiger partial charge in [0.25, 0.3) is 0 Å². The summed E-state index contributed by atoms with van der Waals surface area (Å²) in [5.41, 5.74) is 2.30. The Hall–Kier alpha value is -2.30. The van der Waals surface area contributed by atoms with E-state index in [-0.39, 0.29) is 0 Å². The van der Waals surface area contributed by atoms with E-state index in [4.69, 9.17) is 0 Å². The van der Waals surface area contributed by atoms with Crippen molar-refractivity contribution in [3.05, 3.63) is 36.7 Å². The van der Waals surface area contributed by atoms with Crippen LogP contribution in [0.1, 0.15) is 46.5 Å². The Morgan fingerprint density at radius 3 is 2.54 bits per heavy atom. The Labute approximate surface area is 157 Å². The van der Waals surface area contributed by atoms with Crippen LogP contribution in [-0.2, 0) is 0 Å². The topological polar surface area (TPSA) is 44.3 Å². The highest BCUT2D eigenvalue weighted by atomic mass is 15.2. The molecule has 1 N–H and O–H groups in total. The number of aromatic nitrogens is 2. The Bertz CT molecular complexity index is 681. The highest BCUT2D eigenvalue weighted by Gasteiger charge is 2.22. The monoisotopic (exact) mass is 353 g/mol. The second-order valence-electron chi connectivity index (χ2n) is 6.86. The van der Waals surface area contributed by atoms with E-state index in [2.05, 4.69) is 76.2 Å². The molecule has 0 aliphatic carbocycles. The lowest BCUT2D eigenvalue weighted by molar-refractivity contribution is 0.446. The molecule has 26 heavy (non-hydrogen) atoms. The molecule has 3 rings (SSSR count). The summed E-state index contributed by atoms with van der Waals surface area (Å²) in [7, 11) is 0. The van der Waals surface area contributed by atoms with Gasteiger partial charge in [-0.2, -0.15) is 0 Å². The molecule has 1 aromatic carbocycles. The van der Waals surface area contributed by atoms with Crippen LogP contribution >= 0.6 is 0 Å². The van der Waals surface area contributed by atoms with E-state index in [1.807, 2.05) is 0 Å². The molecule has 1 unspecified atom stereocenters. The van der Waals surface area contributed by atoms with Crippen LogP contribution in [0.5, 0.6) is 0 Å². The van der Waals surface area contributed by atoms with Crippen LogP contribution in [0.2, 0.25) is 0 Å². The van der Waals surface area contributed by atoms with Gasteiger partial charge in [0.2, 0.25) is 0 Å². The number of rotatable bonds is 7. The van der Waals surface area contributed by atoms with Gasteiger partial charge in [-0.05, 0) is 63.8 Å². The summed E-state index contributed by atoms with van der Waals surface area (Å²) in [5, 5.41) is 3.42. The van der Waals surface area contributed by atoms with Gasteiger partial charge < -0.3 is 15.1 Å². The van der Waals surface area contributed by atoms with Crippen molar-refractivity contribution in [2.75, 3.05) is 34.8 Å². The van der Waals surface area contributed by atoms with Crippen LogP contribution in [0.15, 0.2) is 36.7 Å². The molecule has 1 aromatic heterocycles. The Morgan fingerprint density at radius 2 is 1.85 bits per heavy atom. The molecule has 0 bridgehead atoms. The van der Waals surface area contributed by atoms with Crippen LogP contribution in [0.3, 0.4) is 0 Å². The summed E-state index contributed by atoms with van der Waals surface area (Å²) in [4.78, 5) is 13.7. The van der Waals surface area contributed by atoms with Crippen molar-refractivity contribution in [2.45, 2.75) is 52.5 Å². The van der Waals surface area contributed by atoms with E-state index in [0.29, 0.717) is 6.04 Å². The SMILES string of the molecule is CCC1CCCCN1c1cc(Nc2ccc(N(CC)CC)cc2)ncn1. The van der Waals surface area contributed by atoms with E-state index in [1.165, 1.54) is 31.4 Å².